The van der Waals surface area contributed by atoms with Gasteiger partial charge in [-0.25, -0.2) is 0 Å². The monoisotopic (exact) mass is 256 g/mol. The summed E-state index contributed by atoms with van der Waals surface area (Å²) in [6.07, 6.45) is 3.43. The Kier molecular flexibility index (Phi) is 6.95. The van der Waals surface area contributed by atoms with E-state index < -0.39 is 11.1 Å². The van der Waals surface area contributed by atoms with E-state index in [-0.39, 0.29) is 36.1 Å². The Labute approximate surface area is 99.3 Å². The Balaban J connectivity index is 0.00000196. The quantitative estimate of drug-likeness (QED) is 0.714. The van der Waals surface area contributed by atoms with Crippen molar-refractivity contribution >= 4 is 23.5 Å². The third-order valence-electron chi connectivity index (χ3n) is 3.31. The van der Waals surface area contributed by atoms with Gasteiger partial charge in [0.05, 0.1) is 0 Å². The van der Waals surface area contributed by atoms with E-state index in [1.807, 2.05) is 0 Å². The molecular weight excluding hydrogens is 238 g/mol. The molecule has 0 bridgehead atoms. The number of halogens is 1. The van der Waals surface area contributed by atoms with Crippen LogP contribution in [0.25, 0.3) is 0 Å². The number of hydrogen-bond acceptors (Lipinski definition) is 4. The lowest BCUT2D eigenvalue weighted by molar-refractivity contribution is 0.0755. The van der Waals surface area contributed by atoms with Crippen LogP contribution in [0.3, 0.4) is 0 Å². The van der Waals surface area contributed by atoms with Crippen molar-refractivity contribution in [2.75, 3.05) is 18.9 Å². The first kappa shape index (κ1) is 15.3. The van der Waals surface area contributed by atoms with Crippen LogP contribution in [0.2, 0.25) is 0 Å². The van der Waals surface area contributed by atoms with Crippen LogP contribution < -0.4 is 5.73 Å². The molecule has 0 aromatic carbocycles. The molecule has 0 aromatic heterocycles. The molecule has 0 amide bonds. The van der Waals surface area contributed by atoms with Crippen molar-refractivity contribution in [1.82, 2.24) is 0 Å². The lowest BCUT2D eigenvalue weighted by Gasteiger charge is -2.38. The normalized spacial score (nSPS) is 33.1. The van der Waals surface area contributed by atoms with E-state index in [1.54, 1.807) is 0 Å². The molecule has 0 saturated heterocycles. The molecule has 0 heterocycles. The Morgan fingerprint density at radius 1 is 1.47 bits per heavy atom. The Morgan fingerprint density at radius 2 is 2.00 bits per heavy atom. The second kappa shape index (κ2) is 6.81. The maximum absolute atomic E-state index is 10.5. The van der Waals surface area contributed by atoms with Gasteiger partial charge in [0.1, 0.15) is 0 Å². The molecule has 15 heavy (non-hydrogen) atoms. The van der Waals surface area contributed by atoms with E-state index in [1.165, 1.54) is 0 Å². The predicted octanol–water partition coefficient (Wildman–Crippen LogP) is 0.415. The van der Waals surface area contributed by atoms with Crippen molar-refractivity contribution < 1.29 is 13.9 Å². The van der Waals surface area contributed by atoms with Crippen molar-refractivity contribution in [3.63, 3.8) is 0 Å². The number of aliphatic hydroxyl groups excluding tert-OH is 1. The van der Waals surface area contributed by atoms with Crippen LogP contribution in [0.1, 0.15) is 25.7 Å². The van der Waals surface area contributed by atoms with Gasteiger partial charge in [0.15, 0.2) is 0 Å². The van der Waals surface area contributed by atoms with Crippen molar-refractivity contribution in [3.8, 4) is 0 Å². The van der Waals surface area contributed by atoms with Gasteiger partial charge in [-0.1, -0.05) is 11.1 Å². The van der Waals surface area contributed by atoms with E-state index >= 15 is 0 Å². The first-order chi connectivity index (χ1) is 6.62. The molecule has 0 radical (unpaired) electrons. The minimum Gasteiger partial charge on any atom is -0.772 e. The molecule has 1 rings (SSSR count). The van der Waals surface area contributed by atoms with Crippen LogP contribution >= 0.6 is 12.4 Å². The zero-order valence-corrected chi connectivity index (χ0v) is 10.3. The SMILES string of the molecule is Cl.NCC1(CO)CCC(CS(=O)[O-])CC1. The van der Waals surface area contributed by atoms with Crippen molar-refractivity contribution in [2.45, 2.75) is 25.7 Å². The highest BCUT2D eigenvalue weighted by atomic mass is 35.5. The molecule has 1 aliphatic carbocycles. The summed E-state index contributed by atoms with van der Waals surface area (Å²) in [5.74, 6) is 0.520. The lowest BCUT2D eigenvalue weighted by Crippen LogP contribution is -2.38. The number of rotatable bonds is 4. The fourth-order valence-corrected chi connectivity index (χ4v) is 2.79. The summed E-state index contributed by atoms with van der Waals surface area (Å²) in [5.41, 5.74) is 5.48. The highest BCUT2D eigenvalue weighted by molar-refractivity contribution is 7.79. The van der Waals surface area contributed by atoms with Crippen LogP contribution in [0.5, 0.6) is 0 Å². The molecular formula is C9H19ClNO3S-. The molecule has 1 fully saturated rings. The molecule has 3 N–H and O–H groups in total. The predicted molar refractivity (Wildman–Crippen MR) is 61.6 cm³/mol. The van der Waals surface area contributed by atoms with Crippen LogP contribution in [-0.4, -0.2) is 32.8 Å². The Hall–Kier alpha value is 0.320. The summed E-state index contributed by atoms with van der Waals surface area (Å²) in [5, 5.41) is 9.21. The minimum absolute atomic E-state index is 0. The summed E-state index contributed by atoms with van der Waals surface area (Å²) < 4.78 is 21.0. The molecule has 1 atom stereocenters. The maximum Gasteiger partial charge on any atom is 0.0499 e. The zero-order valence-electron chi connectivity index (χ0n) is 8.68. The summed E-state index contributed by atoms with van der Waals surface area (Å²) in [6, 6.07) is 0. The molecule has 1 aliphatic rings. The largest absolute Gasteiger partial charge is 0.772 e. The molecule has 0 aromatic rings. The highest BCUT2D eigenvalue weighted by Gasteiger charge is 2.33. The van der Waals surface area contributed by atoms with Gasteiger partial charge in [-0.15, -0.1) is 12.4 Å². The fraction of sp³-hybridized carbons (Fsp3) is 1.00. The molecule has 92 valence electrons. The van der Waals surface area contributed by atoms with E-state index in [9.17, 15) is 13.9 Å². The first-order valence-corrected chi connectivity index (χ1v) is 6.23. The van der Waals surface area contributed by atoms with Crippen LogP contribution in [0, 0.1) is 11.3 Å². The average molecular weight is 257 g/mol. The van der Waals surface area contributed by atoms with E-state index in [2.05, 4.69) is 0 Å². The van der Waals surface area contributed by atoms with Crippen molar-refractivity contribution in [1.29, 1.82) is 0 Å². The van der Waals surface area contributed by atoms with Gasteiger partial charge in [0.2, 0.25) is 0 Å². The van der Waals surface area contributed by atoms with Crippen LogP contribution in [-0.2, 0) is 11.1 Å². The van der Waals surface area contributed by atoms with Gasteiger partial charge in [-0.3, -0.25) is 4.21 Å². The number of aliphatic hydroxyl groups is 1. The van der Waals surface area contributed by atoms with Gasteiger partial charge in [-0.05, 0) is 31.6 Å². The Morgan fingerprint density at radius 3 is 2.33 bits per heavy atom. The molecule has 1 unspecified atom stereocenters. The van der Waals surface area contributed by atoms with Gasteiger partial charge < -0.3 is 15.4 Å². The smallest absolute Gasteiger partial charge is 0.0499 e. The van der Waals surface area contributed by atoms with Gasteiger partial charge in [0.25, 0.3) is 0 Å². The van der Waals surface area contributed by atoms with E-state index in [4.69, 9.17) is 5.73 Å². The molecule has 0 aliphatic heterocycles. The summed E-state index contributed by atoms with van der Waals surface area (Å²) >= 11 is -1.94. The van der Waals surface area contributed by atoms with E-state index in [0.29, 0.717) is 6.54 Å². The van der Waals surface area contributed by atoms with Crippen LogP contribution in [0.15, 0.2) is 0 Å². The fourth-order valence-electron chi connectivity index (χ4n) is 2.08. The van der Waals surface area contributed by atoms with Gasteiger partial charge in [-0.2, -0.15) is 0 Å². The minimum atomic E-state index is -1.94. The molecule has 1 saturated carbocycles. The van der Waals surface area contributed by atoms with Crippen molar-refractivity contribution in [3.05, 3.63) is 0 Å². The zero-order chi connectivity index (χ0) is 10.6. The highest BCUT2D eigenvalue weighted by Crippen LogP contribution is 2.37. The maximum atomic E-state index is 10.5. The van der Waals surface area contributed by atoms with E-state index in [0.717, 1.165) is 25.7 Å². The molecule has 4 nitrogen and oxygen atoms in total. The first-order valence-electron chi connectivity index (χ1n) is 4.99. The second-order valence-corrected chi connectivity index (χ2v) is 5.22. The molecule has 0 spiro atoms. The second-order valence-electron chi connectivity index (χ2n) is 4.28. The molecule has 6 heteroatoms. The average Bonchev–Trinajstić information content (AvgIpc) is 2.19. The third kappa shape index (κ3) is 4.36. The van der Waals surface area contributed by atoms with Crippen molar-refractivity contribution in [2.24, 2.45) is 17.1 Å². The van der Waals surface area contributed by atoms with Gasteiger partial charge in [0, 0.05) is 24.3 Å². The lowest BCUT2D eigenvalue weighted by atomic mass is 9.71. The Bertz CT molecular complexity index is 202. The summed E-state index contributed by atoms with van der Waals surface area (Å²) in [4.78, 5) is 0. The van der Waals surface area contributed by atoms with Crippen LogP contribution in [0.4, 0.5) is 0 Å². The summed E-state index contributed by atoms with van der Waals surface area (Å²) in [6.45, 7) is 0.618. The van der Waals surface area contributed by atoms with Gasteiger partial charge >= 0.3 is 0 Å². The number of nitrogens with two attached hydrogens (primary N) is 1. The standard InChI is InChI=1S/C9H19NO3S.ClH/c10-6-9(7-11)3-1-8(2-4-9)5-14(12)13;/h8,11H,1-7,10H2,(H,12,13);1H/p-1. The number of hydrogen-bond donors (Lipinski definition) is 2. The topological polar surface area (TPSA) is 86.4 Å². The summed E-state index contributed by atoms with van der Waals surface area (Å²) in [7, 11) is 0. The third-order valence-corrected chi connectivity index (χ3v) is 4.05.